The van der Waals surface area contributed by atoms with Gasteiger partial charge in [0.25, 0.3) is 5.91 Å². The Morgan fingerprint density at radius 3 is 2.50 bits per heavy atom. The fraction of sp³-hybridized carbons (Fsp3) is 0.364. The number of hydrogen-bond acceptors (Lipinski definition) is 5. The van der Waals surface area contributed by atoms with Gasteiger partial charge in [-0.3, -0.25) is 9.59 Å². The highest BCUT2D eigenvalue weighted by molar-refractivity contribution is 6.30. The van der Waals surface area contributed by atoms with Gasteiger partial charge in [0.2, 0.25) is 5.91 Å². The molecule has 1 fully saturated rings. The SMILES string of the molecule is O=C(NCC(=O)N1CCN(c2cccc(Cl)c2)CC1)c1ccc2c(c1)OCCCO2. The van der Waals surface area contributed by atoms with Crippen molar-refractivity contribution in [3.05, 3.63) is 53.1 Å². The maximum atomic E-state index is 12.5. The number of hydrogen-bond donors (Lipinski definition) is 1. The molecule has 0 aliphatic carbocycles. The van der Waals surface area contributed by atoms with Gasteiger partial charge in [0.15, 0.2) is 11.5 Å². The summed E-state index contributed by atoms with van der Waals surface area (Å²) in [6, 6.07) is 12.8. The number of nitrogens with one attached hydrogen (secondary N) is 1. The number of benzene rings is 2. The van der Waals surface area contributed by atoms with Crippen LogP contribution in [0.25, 0.3) is 0 Å². The molecule has 0 aromatic heterocycles. The van der Waals surface area contributed by atoms with Crippen molar-refractivity contribution in [2.45, 2.75) is 6.42 Å². The molecule has 7 nitrogen and oxygen atoms in total. The van der Waals surface area contributed by atoms with Crippen molar-refractivity contribution >= 4 is 29.1 Å². The van der Waals surface area contributed by atoms with Crippen LogP contribution >= 0.6 is 11.6 Å². The molecule has 30 heavy (non-hydrogen) atoms. The topological polar surface area (TPSA) is 71.1 Å². The second-order valence-corrected chi connectivity index (χ2v) is 7.68. The third-order valence-electron chi connectivity index (χ3n) is 5.22. The van der Waals surface area contributed by atoms with E-state index < -0.39 is 0 Å². The molecule has 0 bridgehead atoms. The number of carbonyl (C=O) groups is 2. The summed E-state index contributed by atoms with van der Waals surface area (Å²) in [5.41, 5.74) is 1.50. The second-order valence-electron chi connectivity index (χ2n) is 7.24. The van der Waals surface area contributed by atoms with Crippen LogP contribution in [0, 0.1) is 0 Å². The Hall–Kier alpha value is -2.93. The third-order valence-corrected chi connectivity index (χ3v) is 5.45. The first-order valence-corrected chi connectivity index (χ1v) is 10.4. The van der Waals surface area contributed by atoms with E-state index in [1.807, 2.05) is 24.3 Å². The number of halogens is 1. The van der Waals surface area contributed by atoms with Crippen LogP contribution in [0.3, 0.4) is 0 Å². The number of piperazine rings is 1. The van der Waals surface area contributed by atoms with Gasteiger partial charge in [0.05, 0.1) is 19.8 Å². The molecular formula is C22H24ClN3O4. The average molecular weight is 430 g/mol. The first-order chi connectivity index (χ1) is 14.6. The molecule has 2 aliphatic heterocycles. The number of rotatable bonds is 4. The average Bonchev–Trinajstić information content (AvgIpc) is 3.02. The Bertz CT molecular complexity index is 928. The molecule has 0 unspecified atom stereocenters. The first kappa shape index (κ1) is 20.3. The molecule has 2 aromatic carbocycles. The van der Waals surface area contributed by atoms with Gasteiger partial charge in [-0.1, -0.05) is 17.7 Å². The summed E-state index contributed by atoms with van der Waals surface area (Å²) >= 11 is 6.07. The van der Waals surface area contributed by atoms with E-state index >= 15 is 0 Å². The molecule has 8 heteroatoms. The summed E-state index contributed by atoms with van der Waals surface area (Å²) in [5, 5.41) is 3.41. The van der Waals surface area contributed by atoms with Gasteiger partial charge in [-0.2, -0.15) is 0 Å². The third kappa shape index (κ3) is 4.79. The van der Waals surface area contributed by atoms with Gasteiger partial charge >= 0.3 is 0 Å². The molecule has 4 rings (SSSR count). The lowest BCUT2D eigenvalue weighted by Crippen LogP contribution is -2.51. The number of ether oxygens (including phenoxy) is 2. The fourth-order valence-corrected chi connectivity index (χ4v) is 3.75. The standard InChI is InChI=1S/C22H24ClN3O4/c23-17-3-1-4-18(14-17)25-7-9-26(10-8-25)21(27)15-24-22(28)16-5-6-19-20(13-16)30-12-2-11-29-19/h1,3-6,13-14H,2,7-12,15H2,(H,24,28). The molecule has 0 saturated carbocycles. The normalized spacial score (nSPS) is 16.0. The van der Waals surface area contributed by atoms with Crippen molar-refractivity contribution in [2.24, 2.45) is 0 Å². The number of nitrogens with zero attached hydrogens (tertiary/aromatic N) is 2. The van der Waals surface area contributed by atoms with Crippen LogP contribution in [0.1, 0.15) is 16.8 Å². The summed E-state index contributed by atoms with van der Waals surface area (Å²) in [6.45, 7) is 3.76. The lowest BCUT2D eigenvalue weighted by Gasteiger charge is -2.36. The number of anilines is 1. The van der Waals surface area contributed by atoms with Crippen molar-refractivity contribution in [1.29, 1.82) is 0 Å². The van der Waals surface area contributed by atoms with Gasteiger partial charge in [0, 0.05) is 48.9 Å². The zero-order valence-electron chi connectivity index (χ0n) is 16.6. The molecule has 158 valence electrons. The Morgan fingerprint density at radius 2 is 1.73 bits per heavy atom. The molecule has 0 spiro atoms. The lowest BCUT2D eigenvalue weighted by molar-refractivity contribution is -0.130. The van der Waals surface area contributed by atoms with E-state index in [0.717, 1.165) is 25.2 Å². The highest BCUT2D eigenvalue weighted by Crippen LogP contribution is 2.30. The van der Waals surface area contributed by atoms with Crippen LogP contribution in [-0.2, 0) is 4.79 Å². The van der Waals surface area contributed by atoms with E-state index in [1.54, 1.807) is 23.1 Å². The number of amides is 2. The van der Waals surface area contributed by atoms with E-state index in [4.69, 9.17) is 21.1 Å². The predicted octanol–water partition coefficient (Wildman–Crippen LogP) is 2.58. The van der Waals surface area contributed by atoms with Gasteiger partial charge in [-0.25, -0.2) is 0 Å². The highest BCUT2D eigenvalue weighted by atomic mass is 35.5. The Morgan fingerprint density at radius 1 is 0.967 bits per heavy atom. The van der Waals surface area contributed by atoms with E-state index in [9.17, 15) is 9.59 Å². The Balaban J connectivity index is 1.28. The second kappa shape index (κ2) is 9.26. The van der Waals surface area contributed by atoms with Gasteiger partial charge in [-0.05, 0) is 36.4 Å². The van der Waals surface area contributed by atoms with Crippen molar-refractivity contribution in [3.8, 4) is 11.5 Å². The molecule has 2 aliphatic rings. The zero-order valence-corrected chi connectivity index (χ0v) is 17.4. The highest BCUT2D eigenvalue weighted by Gasteiger charge is 2.22. The maximum absolute atomic E-state index is 12.5. The van der Waals surface area contributed by atoms with Crippen molar-refractivity contribution in [1.82, 2.24) is 10.2 Å². The van der Waals surface area contributed by atoms with Crippen LogP contribution in [0.4, 0.5) is 5.69 Å². The van der Waals surface area contributed by atoms with Gasteiger partial charge < -0.3 is 24.6 Å². The maximum Gasteiger partial charge on any atom is 0.251 e. The van der Waals surface area contributed by atoms with Crippen molar-refractivity contribution in [2.75, 3.05) is 50.8 Å². The molecule has 1 N–H and O–H groups in total. The van der Waals surface area contributed by atoms with E-state index in [-0.39, 0.29) is 18.4 Å². The molecule has 2 amide bonds. The van der Waals surface area contributed by atoms with Crippen LogP contribution < -0.4 is 19.7 Å². The van der Waals surface area contributed by atoms with Crippen LogP contribution in [0.2, 0.25) is 5.02 Å². The minimum absolute atomic E-state index is 0.0373. The quantitative estimate of drug-likeness (QED) is 0.808. The largest absolute Gasteiger partial charge is 0.490 e. The molecule has 0 radical (unpaired) electrons. The van der Waals surface area contributed by atoms with Crippen LogP contribution in [-0.4, -0.2) is 62.7 Å². The summed E-state index contributed by atoms with van der Waals surface area (Å²) in [6.07, 6.45) is 0.801. The molecule has 1 saturated heterocycles. The van der Waals surface area contributed by atoms with Crippen LogP contribution in [0.5, 0.6) is 11.5 Å². The molecule has 2 heterocycles. The molecule has 0 atom stereocenters. The summed E-state index contributed by atoms with van der Waals surface area (Å²) in [5.74, 6) is 0.793. The smallest absolute Gasteiger partial charge is 0.251 e. The minimum Gasteiger partial charge on any atom is -0.490 e. The van der Waals surface area contributed by atoms with Gasteiger partial charge in [-0.15, -0.1) is 0 Å². The first-order valence-electron chi connectivity index (χ1n) is 10.1. The summed E-state index contributed by atoms with van der Waals surface area (Å²) < 4.78 is 11.2. The summed E-state index contributed by atoms with van der Waals surface area (Å²) in [4.78, 5) is 29.0. The van der Waals surface area contributed by atoms with Crippen molar-refractivity contribution < 1.29 is 19.1 Å². The fourth-order valence-electron chi connectivity index (χ4n) is 3.56. The Labute approximate surface area is 180 Å². The minimum atomic E-state index is -0.309. The number of carbonyl (C=O) groups excluding carboxylic acids is 2. The summed E-state index contributed by atoms with van der Waals surface area (Å²) in [7, 11) is 0. The van der Waals surface area contributed by atoms with E-state index in [1.165, 1.54) is 0 Å². The zero-order chi connectivity index (χ0) is 20.9. The molecular weight excluding hydrogens is 406 g/mol. The van der Waals surface area contributed by atoms with E-state index in [2.05, 4.69) is 10.2 Å². The monoisotopic (exact) mass is 429 g/mol. The van der Waals surface area contributed by atoms with E-state index in [0.29, 0.717) is 48.4 Å². The number of fused-ring (bicyclic) bond motifs is 1. The lowest BCUT2D eigenvalue weighted by atomic mass is 10.2. The Kier molecular flexibility index (Phi) is 6.28. The molecule has 2 aromatic rings. The van der Waals surface area contributed by atoms with Gasteiger partial charge in [0.1, 0.15) is 0 Å². The van der Waals surface area contributed by atoms with Crippen molar-refractivity contribution in [3.63, 3.8) is 0 Å². The predicted molar refractivity (Wildman–Crippen MR) is 115 cm³/mol. The van der Waals surface area contributed by atoms with Crippen LogP contribution in [0.15, 0.2) is 42.5 Å².